The minimum atomic E-state index is -4.52. The van der Waals surface area contributed by atoms with Crippen molar-refractivity contribution in [3.8, 4) is 0 Å². The van der Waals surface area contributed by atoms with Crippen LogP contribution in [0.25, 0.3) is 0 Å². The van der Waals surface area contributed by atoms with E-state index in [1.807, 2.05) is 6.92 Å². The standard InChI is InChI=1S/C13H19ClF3N3/c1-3-4-5-6-7-9(2)18-11-8-10(13(15,16)17)19-12(14)20-11/h8-9H,3-7H2,1-2H3,(H,18,19,20). The van der Waals surface area contributed by atoms with E-state index in [0.29, 0.717) is 0 Å². The van der Waals surface area contributed by atoms with Crippen LogP contribution in [0.1, 0.15) is 51.6 Å². The molecule has 20 heavy (non-hydrogen) atoms. The second kappa shape index (κ2) is 7.67. The van der Waals surface area contributed by atoms with Crippen molar-refractivity contribution in [1.82, 2.24) is 9.97 Å². The Balaban J connectivity index is 2.61. The van der Waals surface area contributed by atoms with Crippen LogP contribution in [0.2, 0.25) is 5.28 Å². The molecule has 1 rings (SSSR count). The average molecular weight is 310 g/mol. The van der Waals surface area contributed by atoms with E-state index in [1.54, 1.807) is 0 Å². The molecule has 1 atom stereocenters. The number of halogens is 4. The molecule has 1 aromatic heterocycles. The molecule has 0 aliphatic carbocycles. The zero-order chi connectivity index (χ0) is 15.2. The quantitative estimate of drug-likeness (QED) is 0.574. The van der Waals surface area contributed by atoms with Crippen molar-refractivity contribution in [3.05, 3.63) is 17.0 Å². The van der Waals surface area contributed by atoms with Gasteiger partial charge in [0.2, 0.25) is 5.28 Å². The van der Waals surface area contributed by atoms with E-state index < -0.39 is 17.2 Å². The summed E-state index contributed by atoms with van der Waals surface area (Å²) in [4.78, 5) is 6.96. The molecule has 0 saturated heterocycles. The normalized spacial score (nSPS) is 13.3. The molecule has 0 fully saturated rings. The second-order valence-electron chi connectivity index (χ2n) is 4.80. The van der Waals surface area contributed by atoms with Gasteiger partial charge < -0.3 is 5.32 Å². The van der Waals surface area contributed by atoms with Crippen molar-refractivity contribution in [3.63, 3.8) is 0 Å². The summed E-state index contributed by atoms with van der Waals surface area (Å²) in [6.07, 6.45) is 0.840. The predicted octanol–water partition coefficient (Wildman–Crippen LogP) is 4.92. The lowest BCUT2D eigenvalue weighted by atomic mass is 10.1. The van der Waals surface area contributed by atoms with E-state index in [1.165, 1.54) is 6.42 Å². The van der Waals surface area contributed by atoms with Gasteiger partial charge >= 0.3 is 6.18 Å². The maximum atomic E-state index is 12.6. The largest absolute Gasteiger partial charge is 0.433 e. The Kier molecular flexibility index (Phi) is 6.52. The molecule has 7 heteroatoms. The highest BCUT2D eigenvalue weighted by Gasteiger charge is 2.33. The van der Waals surface area contributed by atoms with Crippen LogP contribution < -0.4 is 5.32 Å². The summed E-state index contributed by atoms with van der Waals surface area (Å²) in [7, 11) is 0. The summed E-state index contributed by atoms with van der Waals surface area (Å²) in [6, 6.07) is 0.924. The van der Waals surface area contributed by atoms with Gasteiger partial charge in [-0.1, -0.05) is 32.6 Å². The molecule has 1 aromatic rings. The van der Waals surface area contributed by atoms with Crippen molar-refractivity contribution >= 4 is 17.4 Å². The number of nitrogens with zero attached hydrogens (tertiary/aromatic N) is 2. The van der Waals surface area contributed by atoms with Crippen molar-refractivity contribution in [2.75, 3.05) is 5.32 Å². The summed E-state index contributed by atoms with van der Waals surface area (Å²) < 4.78 is 37.8. The van der Waals surface area contributed by atoms with Crippen LogP contribution in [-0.4, -0.2) is 16.0 Å². The van der Waals surface area contributed by atoms with E-state index in [-0.39, 0.29) is 11.9 Å². The third kappa shape index (κ3) is 5.94. The first kappa shape index (κ1) is 17.0. The minimum Gasteiger partial charge on any atom is -0.367 e. The smallest absolute Gasteiger partial charge is 0.367 e. The molecule has 0 saturated carbocycles. The Morgan fingerprint density at radius 1 is 1.25 bits per heavy atom. The zero-order valence-electron chi connectivity index (χ0n) is 11.6. The summed E-state index contributed by atoms with van der Waals surface area (Å²) in [5, 5.41) is 2.53. The summed E-state index contributed by atoms with van der Waals surface area (Å²) >= 11 is 5.52. The maximum absolute atomic E-state index is 12.6. The molecule has 0 bridgehead atoms. The maximum Gasteiger partial charge on any atom is 0.433 e. The number of alkyl halides is 3. The molecular weight excluding hydrogens is 291 g/mol. The summed E-state index contributed by atoms with van der Waals surface area (Å²) in [5.41, 5.74) is -1.03. The molecule has 0 radical (unpaired) electrons. The van der Waals surface area contributed by atoms with Crippen LogP contribution in [0.4, 0.5) is 19.0 Å². The topological polar surface area (TPSA) is 37.8 Å². The van der Waals surface area contributed by atoms with Gasteiger partial charge in [-0.3, -0.25) is 0 Å². The number of nitrogens with one attached hydrogen (secondary N) is 1. The van der Waals surface area contributed by atoms with E-state index in [4.69, 9.17) is 11.6 Å². The van der Waals surface area contributed by atoms with Crippen LogP contribution in [-0.2, 0) is 6.18 Å². The van der Waals surface area contributed by atoms with Gasteiger partial charge in [0.25, 0.3) is 0 Å². The Morgan fingerprint density at radius 3 is 2.55 bits per heavy atom. The highest BCUT2D eigenvalue weighted by atomic mass is 35.5. The summed E-state index contributed by atoms with van der Waals surface area (Å²) in [5.74, 6) is 0.111. The monoisotopic (exact) mass is 309 g/mol. The lowest BCUT2D eigenvalue weighted by Gasteiger charge is -2.15. The van der Waals surface area contributed by atoms with Crippen molar-refractivity contribution in [1.29, 1.82) is 0 Å². The molecule has 0 aliphatic rings. The number of aromatic nitrogens is 2. The van der Waals surface area contributed by atoms with E-state index >= 15 is 0 Å². The first-order valence-corrected chi connectivity index (χ1v) is 7.09. The molecule has 0 amide bonds. The Bertz CT molecular complexity index is 424. The number of hydrogen-bond donors (Lipinski definition) is 1. The Labute approximate surface area is 122 Å². The minimum absolute atomic E-state index is 0.0407. The van der Waals surface area contributed by atoms with Crippen LogP contribution >= 0.6 is 11.6 Å². The average Bonchev–Trinajstić information content (AvgIpc) is 2.33. The molecule has 114 valence electrons. The Hall–Kier alpha value is -1.04. The fourth-order valence-electron chi connectivity index (χ4n) is 1.84. The zero-order valence-corrected chi connectivity index (χ0v) is 12.4. The molecule has 3 nitrogen and oxygen atoms in total. The van der Waals surface area contributed by atoms with E-state index in [0.717, 1.165) is 31.7 Å². The first-order chi connectivity index (χ1) is 9.32. The SMILES string of the molecule is CCCCCCC(C)Nc1cc(C(F)(F)F)nc(Cl)n1. The third-order valence-corrected chi connectivity index (χ3v) is 3.04. The van der Waals surface area contributed by atoms with Gasteiger partial charge in [-0.2, -0.15) is 13.2 Å². The van der Waals surface area contributed by atoms with Crippen LogP contribution in [0.15, 0.2) is 6.07 Å². The van der Waals surface area contributed by atoms with Gasteiger partial charge in [-0.05, 0) is 24.9 Å². The highest BCUT2D eigenvalue weighted by Crippen LogP contribution is 2.29. The molecule has 0 aliphatic heterocycles. The van der Waals surface area contributed by atoms with Gasteiger partial charge in [0.15, 0.2) is 5.69 Å². The van der Waals surface area contributed by atoms with Gasteiger partial charge in [0, 0.05) is 12.1 Å². The lowest BCUT2D eigenvalue weighted by molar-refractivity contribution is -0.141. The number of rotatable bonds is 7. The molecule has 0 aromatic carbocycles. The van der Waals surface area contributed by atoms with E-state index in [9.17, 15) is 13.2 Å². The van der Waals surface area contributed by atoms with Crippen LogP contribution in [0.5, 0.6) is 0 Å². The molecule has 1 unspecified atom stereocenters. The van der Waals surface area contributed by atoms with Gasteiger partial charge in [-0.25, -0.2) is 9.97 Å². The molecule has 1 heterocycles. The van der Waals surface area contributed by atoms with Crippen LogP contribution in [0.3, 0.4) is 0 Å². The van der Waals surface area contributed by atoms with Gasteiger partial charge in [0.05, 0.1) is 0 Å². The Morgan fingerprint density at radius 2 is 1.95 bits per heavy atom. The summed E-state index contributed by atoms with van der Waals surface area (Å²) in [6.45, 7) is 4.04. The lowest BCUT2D eigenvalue weighted by Crippen LogP contribution is -2.18. The van der Waals surface area contributed by atoms with E-state index in [2.05, 4.69) is 22.2 Å². The van der Waals surface area contributed by atoms with Crippen molar-refractivity contribution < 1.29 is 13.2 Å². The molecule has 0 spiro atoms. The first-order valence-electron chi connectivity index (χ1n) is 6.71. The number of hydrogen-bond acceptors (Lipinski definition) is 3. The fourth-order valence-corrected chi connectivity index (χ4v) is 2.02. The molecule has 1 N–H and O–H groups in total. The van der Waals surface area contributed by atoms with Gasteiger partial charge in [0.1, 0.15) is 5.82 Å². The second-order valence-corrected chi connectivity index (χ2v) is 5.14. The molecular formula is C13H19ClF3N3. The third-order valence-electron chi connectivity index (χ3n) is 2.87. The fraction of sp³-hybridized carbons (Fsp3) is 0.692. The highest BCUT2D eigenvalue weighted by molar-refractivity contribution is 6.28. The van der Waals surface area contributed by atoms with Gasteiger partial charge in [-0.15, -0.1) is 0 Å². The van der Waals surface area contributed by atoms with Crippen LogP contribution in [0, 0.1) is 0 Å². The predicted molar refractivity (Wildman–Crippen MR) is 73.9 cm³/mol. The van der Waals surface area contributed by atoms with Crippen molar-refractivity contribution in [2.24, 2.45) is 0 Å². The number of unbranched alkanes of at least 4 members (excludes halogenated alkanes) is 3. The number of anilines is 1. The van der Waals surface area contributed by atoms with Crippen molar-refractivity contribution in [2.45, 2.75) is 58.2 Å².